The zero-order valence-corrected chi connectivity index (χ0v) is 11.9. The molecule has 5 nitrogen and oxygen atoms in total. The van der Waals surface area contributed by atoms with E-state index in [0.717, 1.165) is 0 Å². The lowest BCUT2D eigenvalue weighted by molar-refractivity contribution is -0.144. The summed E-state index contributed by atoms with van der Waals surface area (Å²) in [6.07, 6.45) is 7.81. The van der Waals surface area contributed by atoms with Crippen molar-refractivity contribution in [3.05, 3.63) is 24.3 Å². The molecule has 0 aromatic carbocycles. The number of hydrogen-bond donors (Lipinski definition) is 0. The molecule has 0 fully saturated rings. The molecule has 19 heavy (non-hydrogen) atoms. The van der Waals surface area contributed by atoms with Gasteiger partial charge in [-0.1, -0.05) is 24.3 Å². The van der Waals surface area contributed by atoms with Crippen molar-refractivity contribution in [1.82, 2.24) is 4.90 Å². The molecule has 108 valence electrons. The highest BCUT2D eigenvalue weighted by Gasteiger charge is 2.17. The van der Waals surface area contributed by atoms with Gasteiger partial charge in [-0.05, 0) is 27.2 Å². The van der Waals surface area contributed by atoms with Crippen LogP contribution in [0.25, 0.3) is 0 Å². The molecule has 5 heteroatoms. The standard InChI is InChI=1S/C14H23NO4/c1-4-7-8-9-10-11-15(14(17)19-6-3)12-13(16)18-5-2/h4,7-9H,5-6,10-12H2,1-3H3. The Kier molecular flexibility index (Phi) is 10.3. The molecule has 0 N–H and O–H groups in total. The van der Waals surface area contributed by atoms with E-state index >= 15 is 0 Å². The summed E-state index contributed by atoms with van der Waals surface area (Å²) < 4.78 is 9.73. The largest absolute Gasteiger partial charge is 0.465 e. The Morgan fingerprint density at radius 3 is 2.37 bits per heavy atom. The van der Waals surface area contributed by atoms with E-state index in [1.165, 1.54) is 4.90 Å². The van der Waals surface area contributed by atoms with Crippen LogP contribution in [0.1, 0.15) is 27.2 Å². The van der Waals surface area contributed by atoms with Gasteiger partial charge < -0.3 is 9.47 Å². The molecule has 0 unspecified atom stereocenters. The fourth-order valence-corrected chi connectivity index (χ4v) is 1.33. The number of allylic oxidation sites excluding steroid dienone is 3. The topological polar surface area (TPSA) is 55.8 Å². The fourth-order valence-electron chi connectivity index (χ4n) is 1.33. The van der Waals surface area contributed by atoms with E-state index in [-0.39, 0.29) is 13.2 Å². The Morgan fingerprint density at radius 2 is 1.79 bits per heavy atom. The van der Waals surface area contributed by atoms with Crippen LogP contribution in [0.15, 0.2) is 24.3 Å². The number of hydrogen-bond acceptors (Lipinski definition) is 4. The van der Waals surface area contributed by atoms with Crippen LogP contribution in [0.5, 0.6) is 0 Å². The minimum atomic E-state index is -0.491. The summed E-state index contributed by atoms with van der Waals surface area (Å²) in [5, 5.41) is 0. The number of esters is 1. The first-order chi connectivity index (χ1) is 9.15. The molecule has 0 rings (SSSR count). The molecule has 0 bridgehead atoms. The van der Waals surface area contributed by atoms with E-state index < -0.39 is 12.1 Å². The van der Waals surface area contributed by atoms with E-state index in [4.69, 9.17) is 9.47 Å². The lowest BCUT2D eigenvalue weighted by Gasteiger charge is -2.20. The van der Waals surface area contributed by atoms with E-state index in [2.05, 4.69) is 0 Å². The van der Waals surface area contributed by atoms with Crippen molar-refractivity contribution in [3.63, 3.8) is 0 Å². The van der Waals surface area contributed by atoms with Gasteiger partial charge in [-0.25, -0.2) is 4.79 Å². The lowest BCUT2D eigenvalue weighted by Crippen LogP contribution is -2.37. The third kappa shape index (κ3) is 8.88. The summed E-state index contributed by atoms with van der Waals surface area (Å²) in [5.74, 6) is -0.423. The van der Waals surface area contributed by atoms with Gasteiger partial charge in [0.25, 0.3) is 0 Å². The van der Waals surface area contributed by atoms with E-state index in [0.29, 0.717) is 19.6 Å². The maximum atomic E-state index is 11.7. The van der Waals surface area contributed by atoms with Gasteiger partial charge >= 0.3 is 12.1 Å². The minimum absolute atomic E-state index is 0.0792. The zero-order chi connectivity index (χ0) is 14.5. The Balaban J connectivity index is 4.32. The molecule has 0 radical (unpaired) electrons. The van der Waals surface area contributed by atoms with Crippen molar-refractivity contribution in [2.45, 2.75) is 27.2 Å². The molecule has 0 aromatic heterocycles. The smallest absolute Gasteiger partial charge is 0.410 e. The van der Waals surface area contributed by atoms with Crippen molar-refractivity contribution >= 4 is 12.1 Å². The fraction of sp³-hybridized carbons (Fsp3) is 0.571. The second kappa shape index (κ2) is 11.3. The Labute approximate surface area is 114 Å². The van der Waals surface area contributed by atoms with Gasteiger partial charge in [0.05, 0.1) is 13.2 Å². The monoisotopic (exact) mass is 269 g/mol. The van der Waals surface area contributed by atoms with Crippen molar-refractivity contribution < 1.29 is 19.1 Å². The number of carbonyl (C=O) groups excluding carboxylic acids is 2. The van der Waals surface area contributed by atoms with Gasteiger partial charge in [-0.2, -0.15) is 0 Å². The molecule has 0 aliphatic rings. The van der Waals surface area contributed by atoms with Crippen molar-refractivity contribution in [1.29, 1.82) is 0 Å². The van der Waals surface area contributed by atoms with Crippen LogP contribution in [-0.2, 0) is 14.3 Å². The second-order valence-electron chi connectivity index (χ2n) is 3.67. The van der Waals surface area contributed by atoms with Crippen LogP contribution in [0, 0.1) is 0 Å². The summed E-state index contributed by atoms with van der Waals surface area (Å²) in [7, 11) is 0. The number of rotatable bonds is 8. The first-order valence-electron chi connectivity index (χ1n) is 6.50. The normalized spacial score (nSPS) is 10.9. The van der Waals surface area contributed by atoms with Crippen LogP contribution in [0.3, 0.4) is 0 Å². The maximum absolute atomic E-state index is 11.7. The number of ether oxygens (including phenoxy) is 2. The molecule has 0 aliphatic carbocycles. The molecule has 0 atom stereocenters. The predicted molar refractivity (Wildman–Crippen MR) is 73.8 cm³/mol. The molecular weight excluding hydrogens is 246 g/mol. The molecule has 0 saturated carbocycles. The SMILES string of the molecule is CC=CC=CCCN(CC(=O)OCC)C(=O)OCC. The van der Waals surface area contributed by atoms with Crippen LogP contribution in [0.2, 0.25) is 0 Å². The van der Waals surface area contributed by atoms with Gasteiger partial charge in [-0.3, -0.25) is 9.69 Å². The quantitative estimate of drug-likeness (QED) is 0.502. The van der Waals surface area contributed by atoms with Gasteiger partial charge in [0.2, 0.25) is 0 Å². The highest BCUT2D eigenvalue weighted by molar-refractivity contribution is 5.78. The average Bonchev–Trinajstić information content (AvgIpc) is 2.37. The summed E-state index contributed by atoms with van der Waals surface area (Å²) in [6.45, 7) is 6.31. The van der Waals surface area contributed by atoms with Crippen LogP contribution >= 0.6 is 0 Å². The maximum Gasteiger partial charge on any atom is 0.410 e. The van der Waals surface area contributed by atoms with Crippen molar-refractivity contribution in [2.24, 2.45) is 0 Å². The lowest BCUT2D eigenvalue weighted by atomic mass is 10.3. The first kappa shape index (κ1) is 17.2. The molecule has 0 heterocycles. The molecular formula is C14H23NO4. The third-order valence-corrected chi connectivity index (χ3v) is 2.16. The van der Waals surface area contributed by atoms with Crippen molar-refractivity contribution in [3.8, 4) is 0 Å². The van der Waals surface area contributed by atoms with Crippen LogP contribution in [-0.4, -0.2) is 43.3 Å². The van der Waals surface area contributed by atoms with Gasteiger partial charge in [0.15, 0.2) is 0 Å². The first-order valence-corrected chi connectivity index (χ1v) is 6.50. The second-order valence-corrected chi connectivity index (χ2v) is 3.67. The third-order valence-electron chi connectivity index (χ3n) is 2.16. The van der Waals surface area contributed by atoms with E-state index in [1.807, 2.05) is 31.2 Å². The summed E-state index contributed by atoms with van der Waals surface area (Å²) in [6, 6.07) is 0. The van der Waals surface area contributed by atoms with Crippen molar-refractivity contribution in [2.75, 3.05) is 26.3 Å². The van der Waals surface area contributed by atoms with Gasteiger partial charge in [0.1, 0.15) is 6.54 Å². The summed E-state index contributed by atoms with van der Waals surface area (Å²) >= 11 is 0. The molecule has 0 aromatic rings. The molecule has 0 aliphatic heterocycles. The summed E-state index contributed by atoms with van der Waals surface area (Å²) in [4.78, 5) is 24.4. The zero-order valence-electron chi connectivity index (χ0n) is 11.9. The summed E-state index contributed by atoms with van der Waals surface area (Å²) in [5.41, 5.74) is 0. The van der Waals surface area contributed by atoms with Gasteiger partial charge in [0, 0.05) is 6.54 Å². The molecule has 1 amide bonds. The Hall–Kier alpha value is -1.78. The van der Waals surface area contributed by atoms with Crippen LogP contribution in [0.4, 0.5) is 4.79 Å². The molecule has 0 spiro atoms. The highest BCUT2D eigenvalue weighted by atomic mass is 16.6. The molecule has 0 saturated heterocycles. The predicted octanol–water partition coefficient (Wildman–Crippen LogP) is 2.53. The van der Waals surface area contributed by atoms with E-state index in [1.54, 1.807) is 13.8 Å². The van der Waals surface area contributed by atoms with Crippen LogP contribution < -0.4 is 0 Å². The number of nitrogens with zero attached hydrogens (tertiary/aromatic N) is 1. The Morgan fingerprint density at radius 1 is 1.11 bits per heavy atom. The number of carbonyl (C=O) groups is 2. The average molecular weight is 269 g/mol. The minimum Gasteiger partial charge on any atom is -0.465 e. The van der Waals surface area contributed by atoms with E-state index in [9.17, 15) is 9.59 Å². The van der Waals surface area contributed by atoms with Gasteiger partial charge in [-0.15, -0.1) is 0 Å². The Bertz CT molecular complexity index is 323. The number of amides is 1. The highest BCUT2D eigenvalue weighted by Crippen LogP contribution is 1.99.